The van der Waals surface area contributed by atoms with Gasteiger partial charge in [-0.15, -0.1) is 5.10 Å². The van der Waals surface area contributed by atoms with Crippen molar-refractivity contribution < 1.29 is 13.2 Å². The zero-order valence-corrected chi connectivity index (χ0v) is 16.1. The number of nitrogens with one attached hydrogen (secondary N) is 1. The summed E-state index contributed by atoms with van der Waals surface area (Å²) in [4.78, 5) is 12.5. The molecule has 3 aromatic rings. The normalized spacial score (nSPS) is 14.0. The van der Waals surface area contributed by atoms with Gasteiger partial charge in [0.1, 0.15) is 0 Å². The van der Waals surface area contributed by atoms with E-state index in [-0.39, 0.29) is 11.7 Å². The monoisotopic (exact) mass is 397 g/mol. The van der Waals surface area contributed by atoms with Gasteiger partial charge in [0, 0.05) is 23.1 Å². The first-order valence-corrected chi connectivity index (χ1v) is 10.9. The molecular weight excluding hydrogens is 378 g/mol. The fourth-order valence-electron chi connectivity index (χ4n) is 2.94. The summed E-state index contributed by atoms with van der Waals surface area (Å²) in [7, 11) is -3.11. The number of amides is 1. The lowest BCUT2D eigenvalue weighted by atomic mass is 10.1. The average Bonchev–Trinajstić information content (AvgIpc) is 3.37. The third kappa shape index (κ3) is 4.25. The smallest absolute Gasteiger partial charge is 0.255 e. The summed E-state index contributed by atoms with van der Waals surface area (Å²) < 4.78 is 24.6. The van der Waals surface area contributed by atoms with E-state index in [4.69, 9.17) is 0 Å². The van der Waals surface area contributed by atoms with E-state index in [1.807, 2.05) is 22.9 Å². The average molecular weight is 397 g/mol. The molecule has 8 nitrogen and oxygen atoms in total. The number of benzene rings is 2. The van der Waals surface area contributed by atoms with Gasteiger partial charge in [0.05, 0.1) is 11.8 Å². The molecule has 1 fully saturated rings. The fraction of sp³-hybridized carbons (Fsp3) is 0.263. The Morgan fingerprint density at radius 1 is 1.18 bits per heavy atom. The zero-order valence-electron chi connectivity index (χ0n) is 15.2. The van der Waals surface area contributed by atoms with Crippen molar-refractivity contribution in [2.75, 3.05) is 11.6 Å². The standard InChI is InChI=1S/C19H19N5O3S/c1-28(26,27)12-13-5-7-14(8-6-13)19(25)20-16-4-2-3-15(11-16)18-21-22-23-24(18)17-9-10-17/h2-8,11,17H,9-10,12H2,1H3,(H,20,25). The van der Waals surface area contributed by atoms with Gasteiger partial charge in [0.15, 0.2) is 15.7 Å². The first-order chi connectivity index (χ1) is 13.4. The van der Waals surface area contributed by atoms with Crippen LogP contribution in [0.25, 0.3) is 11.4 Å². The molecule has 0 bridgehead atoms. The predicted octanol–water partition coefficient (Wildman–Crippen LogP) is 2.47. The number of rotatable bonds is 6. The largest absolute Gasteiger partial charge is 0.322 e. The second-order valence-corrected chi connectivity index (χ2v) is 9.12. The van der Waals surface area contributed by atoms with E-state index in [2.05, 4.69) is 20.8 Å². The van der Waals surface area contributed by atoms with Crippen molar-refractivity contribution >= 4 is 21.4 Å². The van der Waals surface area contributed by atoms with E-state index in [1.165, 1.54) is 6.26 Å². The van der Waals surface area contributed by atoms with Gasteiger partial charge in [-0.2, -0.15) is 0 Å². The fourth-order valence-corrected chi connectivity index (χ4v) is 3.74. The van der Waals surface area contributed by atoms with Crippen molar-refractivity contribution in [1.82, 2.24) is 20.2 Å². The minimum absolute atomic E-state index is 0.0490. The first-order valence-electron chi connectivity index (χ1n) is 8.85. The molecule has 1 amide bonds. The van der Waals surface area contributed by atoms with E-state index >= 15 is 0 Å². The maximum absolute atomic E-state index is 12.5. The molecule has 0 aliphatic heterocycles. The first kappa shape index (κ1) is 18.3. The van der Waals surface area contributed by atoms with Crippen LogP contribution in [-0.4, -0.2) is 40.8 Å². The van der Waals surface area contributed by atoms with E-state index in [9.17, 15) is 13.2 Å². The molecule has 1 aliphatic rings. The van der Waals surface area contributed by atoms with Crippen molar-refractivity contribution in [2.45, 2.75) is 24.6 Å². The molecule has 9 heteroatoms. The van der Waals surface area contributed by atoms with Gasteiger partial charge in [-0.25, -0.2) is 13.1 Å². The zero-order chi connectivity index (χ0) is 19.7. The highest BCUT2D eigenvalue weighted by Crippen LogP contribution is 2.36. The Hall–Kier alpha value is -3.07. The van der Waals surface area contributed by atoms with Crippen LogP contribution in [0, 0.1) is 0 Å². The van der Waals surface area contributed by atoms with Gasteiger partial charge < -0.3 is 5.32 Å². The van der Waals surface area contributed by atoms with Crippen molar-refractivity contribution in [3.8, 4) is 11.4 Å². The molecule has 144 valence electrons. The highest BCUT2D eigenvalue weighted by molar-refractivity contribution is 7.89. The Morgan fingerprint density at radius 2 is 1.93 bits per heavy atom. The van der Waals surface area contributed by atoms with Crippen LogP contribution in [0.3, 0.4) is 0 Å². The maximum atomic E-state index is 12.5. The van der Waals surface area contributed by atoms with Crippen molar-refractivity contribution in [3.63, 3.8) is 0 Å². The van der Waals surface area contributed by atoms with Gasteiger partial charge in [0.25, 0.3) is 5.91 Å². The number of carbonyl (C=O) groups excluding carboxylic acids is 1. The van der Waals surface area contributed by atoms with Crippen LogP contribution in [0.4, 0.5) is 5.69 Å². The molecule has 1 aliphatic carbocycles. The number of tetrazole rings is 1. The van der Waals surface area contributed by atoms with Crippen LogP contribution in [0.5, 0.6) is 0 Å². The van der Waals surface area contributed by atoms with Gasteiger partial charge >= 0.3 is 0 Å². The van der Waals surface area contributed by atoms with Crippen LogP contribution >= 0.6 is 0 Å². The van der Waals surface area contributed by atoms with Crippen LogP contribution in [0.1, 0.15) is 34.8 Å². The number of anilines is 1. The number of hydrogen-bond donors (Lipinski definition) is 1. The molecule has 0 spiro atoms. The van der Waals surface area contributed by atoms with Crippen LogP contribution < -0.4 is 5.32 Å². The molecule has 4 rings (SSSR count). The van der Waals surface area contributed by atoms with Gasteiger partial charge in [-0.05, 0) is 53.1 Å². The van der Waals surface area contributed by atoms with Crippen molar-refractivity contribution in [3.05, 3.63) is 59.7 Å². The molecule has 0 atom stereocenters. The molecule has 0 radical (unpaired) electrons. The number of sulfone groups is 1. The van der Waals surface area contributed by atoms with E-state index in [1.54, 1.807) is 30.3 Å². The molecule has 2 aromatic carbocycles. The summed E-state index contributed by atoms with van der Waals surface area (Å²) >= 11 is 0. The summed E-state index contributed by atoms with van der Waals surface area (Å²) in [5, 5.41) is 14.8. The Morgan fingerprint density at radius 3 is 2.61 bits per heavy atom. The third-order valence-electron chi connectivity index (χ3n) is 4.41. The Bertz CT molecular complexity index is 1120. The molecule has 1 saturated carbocycles. The predicted molar refractivity (Wildman–Crippen MR) is 104 cm³/mol. The van der Waals surface area contributed by atoms with Crippen LogP contribution in [0.2, 0.25) is 0 Å². The molecule has 0 unspecified atom stereocenters. The topological polar surface area (TPSA) is 107 Å². The summed E-state index contributed by atoms with van der Waals surface area (Å²) in [6, 6.07) is 14.3. The Labute approximate surface area is 162 Å². The highest BCUT2D eigenvalue weighted by atomic mass is 32.2. The third-order valence-corrected chi connectivity index (χ3v) is 5.27. The Kier molecular flexibility index (Phi) is 4.68. The van der Waals surface area contributed by atoms with Gasteiger partial charge in [-0.1, -0.05) is 24.3 Å². The molecular formula is C19H19N5O3S. The maximum Gasteiger partial charge on any atom is 0.255 e. The summed E-state index contributed by atoms with van der Waals surface area (Å²) in [6.45, 7) is 0. The lowest BCUT2D eigenvalue weighted by molar-refractivity contribution is 0.102. The van der Waals surface area contributed by atoms with Crippen LogP contribution in [-0.2, 0) is 15.6 Å². The summed E-state index contributed by atoms with van der Waals surface area (Å²) in [6.07, 6.45) is 3.33. The summed E-state index contributed by atoms with van der Waals surface area (Å²) in [5.41, 5.74) is 2.56. The van der Waals surface area contributed by atoms with E-state index < -0.39 is 9.84 Å². The second-order valence-electron chi connectivity index (χ2n) is 6.98. The van der Waals surface area contributed by atoms with Crippen LogP contribution in [0.15, 0.2) is 48.5 Å². The van der Waals surface area contributed by atoms with Crippen molar-refractivity contribution in [1.29, 1.82) is 0 Å². The lowest BCUT2D eigenvalue weighted by Gasteiger charge is -2.08. The van der Waals surface area contributed by atoms with Gasteiger partial charge in [0.2, 0.25) is 0 Å². The SMILES string of the molecule is CS(=O)(=O)Cc1ccc(C(=O)Nc2cccc(-c3nnnn3C3CC3)c2)cc1. The number of nitrogens with zero attached hydrogens (tertiary/aromatic N) is 4. The second kappa shape index (κ2) is 7.16. The highest BCUT2D eigenvalue weighted by Gasteiger charge is 2.28. The summed E-state index contributed by atoms with van der Waals surface area (Å²) in [5.74, 6) is 0.362. The Balaban J connectivity index is 1.50. The molecule has 1 heterocycles. The lowest BCUT2D eigenvalue weighted by Crippen LogP contribution is -2.12. The van der Waals surface area contributed by atoms with Gasteiger partial charge in [-0.3, -0.25) is 4.79 Å². The number of carbonyl (C=O) groups is 1. The quantitative estimate of drug-likeness (QED) is 0.685. The molecule has 0 saturated heterocycles. The molecule has 1 N–H and O–H groups in total. The van der Waals surface area contributed by atoms with E-state index in [0.29, 0.717) is 28.7 Å². The number of aromatic nitrogens is 4. The minimum Gasteiger partial charge on any atom is -0.322 e. The molecule has 28 heavy (non-hydrogen) atoms. The minimum atomic E-state index is -3.11. The van der Waals surface area contributed by atoms with Crippen molar-refractivity contribution in [2.24, 2.45) is 0 Å². The van der Waals surface area contributed by atoms with E-state index in [0.717, 1.165) is 18.4 Å². The molecule has 1 aromatic heterocycles. The number of hydrogen-bond acceptors (Lipinski definition) is 6.